The number of hydrogen-bond donors (Lipinski definition) is 1. The minimum atomic E-state index is -0.258. The van der Waals surface area contributed by atoms with E-state index in [2.05, 4.69) is 15.5 Å². The largest absolute Gasteiger partial charge is 0.355 e. The third-order valence-electron chi connectivity index (χ3n) is 3.51. The first-order valence-electron chi connectivity index (χ1n) is 6.59. The Labute approximate surface area is 124 Å². The molecule has 0 fully saturated rings. The Hall–Kier alpha value is -2.47. The molecule has 1 amide bonds. The van der Waals surface area contributed by atoms with E-state index in [1.165, 1.54) is 4.88 Å². The van der Waals surface area contributed by atoms with Crippen molar-refractivity contribution < 1.29 is 9.32 Å². The Morgan fingerprint density at radius 2 is 2.29 bits per heavy atom. The zero-order valence-electron chi connectivity index (χ0n) is 11.0. The smallest absolute Gasteiger partial charge is 0.278 e. The van der Waals surface area contributed by atoms with Gasteiger partial charge in [0, 0.05) is 22.2 Å². The fourth-order valence-electron chi connectivity index (χ4n) is 2.53. The summed E-state index contributed by atoms with van der Waals surface area (Å²) in [6.07, 6.45) is 4.96. The molecule has 4 rings (SSSR count). The first-order chi connectivity index (χ1) is 10.3. The Balaban J connectivity index is 1.67. The molecule has 1 aliphatic rings. The van der Waals surface area contributed by atoms with Crippen LogP contribution >= 0.6 is 11.3 Å². The van der Waals surface area contributed by atoms with Gasteiger partial charge in [-0.25, -0.2) is 0 Å². The standard InChI is InChI=1S/C15H11N3O2S/c19-15(17-9-2-1-6-16-8-9)13-11-3-4-12-10(5-7-21-12)14(11)20-18-13/h1-2,5-8H,3-4H2,(H,17,19). The summed E-state index contributed by atoms with van der Waals surface area (Å²) in [5.41, 5.74) is 2.97. The highest BCUT2D eigenvalue weighted by atomic mass is 32.1. The van der Waals surface area contributed by atoms with Crippen molar-refractivity contribution in [1.82, 2.24) is 10.1 Å². The summed E-state index contributed by atoms with van der Waals surface area (Å²) in [5, 5.41) is 8.80. The van der Waals surface area contributed by atoms with Gasteiger partial charge in [-0.1, -0.05) is 5.16 Å². The lowest BCUT2D eigenvalue weighted by Gasteiger charge is -2.10. The number of amides is 1. The number of aromatic nitrogens is 2. The third-order valence-corrected chi connectivity index (χ3v) is 4.50. The number of nitrogens with zero attached hydrogens (tertiary/aromatic N) is 2. The molecule has 5 nitrogen and oxygen atoms in total. The van der Waals surface area contributed by atoms with Gasteiger partial charge < -0.3 is 9.84 Å². The van der Waals surface area contributed by atoms with Crippen molar-refractivity contribution in [3.63, 3.8) is 0 Å². The molecule has 6 heteroatoms. The molecule has 3 aromatic rings. The summed E-state index contributed by atoms with van der Waals surface area (Å²) in [6, 6.07) is 5.58. The lowest BCUT2D eigenvalue weighted by molar-refractivity contribution is 0.101. The second-order valence-corrected chi connectivity index (χ2v) is 5.79. The van der Waals surface area contributed by atoms with Crippen LogP contribution in [0.25, 0.3) is 11.3 Å². The van der Waals surface area contributed by atoms with Gasteiger partial charge in [-0.15, -0.1) is 11.3 Å². The van der Waals surface area contributed by atoms with Crippen LogP contribution in [0.1, 0.15) is 20.9 Å². The maximum Gasteiger partial charge on any atom is 0.278 e. The molecule has 1 aliphatic carbocycles. The molecule has 0 spiro atoms. The third kappa shape index (κ3) is 2.04. The molecule has 0 saturated heterocycles. The van der Waals surface area contributed by atoms with Gasteiger partial charge in [0.2, 0.25) is 0 Å². The molecule has 1 N–H and O–H groups in total. The molecular weight excluding hydrogens is 286 g/mol. The number of pyridine rings is 1. The summed E-state index contributed by atoms with van der Waals surface area (Å²) in [5.74, 6) is 0.473. The van der Waals surface area contributed by atoms with E-state index in [0.29, 0.717) is 11.4 Å². The van der Waals surface area contributed by atoms with Gasteiger partial charge in [0.05, 0.1) is 11.9 Å². The summed E-state index contributed by atoms with van der Waals surface area (Å²) < 4.78 is 5.41. The number of aryl methyl sites for hydroxylation is 1. The number of fused-ring (bicyclic) bond motifs is 3. The average Bonchev–Trinajstić information content (AvgIpc) is 3.14. The normalized spacial score (nSPS) is 12.6. The van der Waals surface area contributed by atoms with Crippen LogP contribution in [0, 0.1) is 0 Å². The molecule has 0 bridgehead atoms. The molecular formula is C15H11N3O2S. The molecule has 21 heavy (non-hydrogen) atoms. The number of thiophene rings is 1. The zero-order chi connectivity index (χ0) is 14.2. The van der Waals surface area contributed by atoms with Gasteiger partial charge in [-0.2, -0.15) is 0 Å². The highest BCUT2D eigenvalue weighted by Crippen LogP contribution is 2.38. The van der Waals surface area contributed by atoms with Crippen LogP contribution in [0.5, 0.6) is 0 Å². The molecule has 0 atom stereocenters. The monoisotopic (exact) mass is 297 g/mol. The van der Waals surface area contributed by atoms with Crippen LogP contribution in [-0.4, -0.2) is 16.0 Å². The Bertz CT molecular complexity index is 807. The van der Waals surface area contributed by atoms with Crippen molar-refractivity contribution in [3.05, 3.63) is 52.1 Å². The van der Waals surface area contributed by atoms with Gasteiger partial charge in [0.15, 0.2) is 11.5 Å². The average molecular weight is 297 g/mol. The Morgan fingerprint density at radius 3 is 3.14 bits per heavy atom. The first kappa shape index (κ1) is 12.3. The molecule has 3 heterocycles. The fraction of sp³-hybridized carbons (Fsp3) is 0.133. The van der Waals surface area contributed by atoms with Gasteiger partial charge in [0.25, 0.3) is 5.91 Å². The topological polar surface area (TPSA) is 68.0 Å². The Kier molecular flexibility index (Phi) is 2.82. The summed E-state index contributed by atoms with van der Waals surface area (Å²) in [7, 11) is 0. The molecule has 104 valence electrons. The van der Waals surface area contributed by atoms with Crippen molar-refractivity contribution >= 4 is 22.9 Å². The molecule has 0 aromatic carbocycles. The maximum absolute atomic E-state index is 12.3. The van der Waals surface area contributed by atoms with Crippen LogP contribution in [0.2, 0.25) is 0 Å². The van der Waals surface area contributed by atoms with Crippen LogP contribution in [0.3, 0.4) is 0 Å². The quantitative estimate of drug-likeness (QED) is 0.789. The summed E-state index contributed by atoms with van der Waals surface area (Å²) in [4.78, 5) is 17.6. The van der Waals surface area contributed by atoms with Crippen molar-refractivity contribution in [2.24, 2.45) is 0 Å². The fourth-order valence-corrected chi connectivity index (χ4v) is 3.41. The van der Waals surface area contributed by atoms with E-state index in [-0.39, 0.29) is 5.91 Å². The Morgan fingerprint density at radius 1 is 1.33 bits per heavy atom. The van der Waals surface area contributed by atoms with E-state index < -0.39 is 0 Å². The van der Waals surface area contributed by atoms with Gasteiger partial charge in [0.1, 0.15) is 0 Å². The van der Waals surface area contributed by atoms with Crippen molar-refractivity contribution in [2.45, 2.75) is 12.8 Å². The minimum Gasteiger partial charge on any atom is -0.355 e. The molecule has 3 aromatic heterocycles. The van der Waals surface area contributed by atoms with Crippen LogP contribution < -0.4 is 5.32 Å². The van der Waals surface area contributed by atoms with Gasteiger partial charge in [-0.05, 0) is 36.4 Å². The van der Waals surface area contributed by atoms with Crippen LogP contribution in [0.15, 0.2) is 40.5 Å². The minimum absolute atomic E-state index is 0.258. The number of hydrogen-bond acceptors (Lipinski definition) is 5. The number of carbonyl (C=O) groups is 1. The number of rotatable bonds is 2. The van der Waals surface area contributed by atoms with E-state index in [1.54, 1.807) is 35.9 Å². The molecule has 0 radical (unpaired) electrons. The van der Waals surface area contributed by atoms with E-state index in [0.717, 1.165) is 29.7 Å². The second kappa shape index (κ2) is 4.82. The van der Waals surface area contributed by atoms with E-state index in [9.17, 15) is 4.79 Å². The molecule has 0 aliphatic heterocycles. The highest BCUT2D eigenvalue weighted by molar-refractivity contribution is 7.10. The van der Waals surface area contributed by atoms with Gasteiger partial charge >= 0.3 is 0 Å². The van der Waals surface area contributed by atoms with Crippen molar-refractivity contribution in [1.29, 1.82) is 0 Å². The second-order valence-electron chi connectivity index (χ2n) is 4.79. The SMILES string of the molecule is O=C(Nc1cccnc1)c1noc2c1CCc1sccc1-2. The summed E-state index contributed by atoms with van der Waals surface area (Å²) >= 11 is 1.71. The number of anilines is 1. The van der Waals surface area contributed by atoms with Crippen LogP contribution in [0.4, 0.5) is 5.69 Å². The van der Waals surface area contributed by atoms with E-state index >= 15 is 0 Å². The molecule has 0 saturated carbocycles. The van der Waals surface area contributed by atoms with Gasteiger partial charge in [-0.3, -0.25) is 9.78 Å². The number of carbonyl (C=O) groups excluding carboxylic acids is 1. The van der Waals surface area contributed by atoms with Crippen molar-refractivity contribution in [2.75, 3.05) is 5.32 Å². The maximum atomic E-state index is 12.3. The van der Waals surface area contributed by atoms with Crippen molar-refractivity contribution in [3.8, 4) is 11.3 Å². The first-order valence-corrected chi connectivity index (χ1v) is 7.47. The number of nitrogens with one attached hydrogen (secondary N) is 1. The lowest BCUT2D eigenvalue weighted by atomic mass is 9.95. The summed E-state index contributed by atoms with van der Waals surface area (Å²) in [6.45, 7) is 0. The highest BCUT2D eigenvalue weighted by Gasteiger charge is 2.28. The molecule has 0 unspecified atom stereocenters. The van der Waals surface area contributed by atoms with E-state index in [1.807, 2.05) is 11.4 Å². The lowest BCUT2D eigenvalue weighted by Crippen LogP contribution is -2.15. The van der Waals surface area contributed by atoms with E-state index in [4.69, 9.17) is 4.52 Å². The predicted octanol–water partition coefficient (Wildman–Crippen LogP) is 3.15. The van der Waals surface area contributed by atoms with Crippen LogP contribution in [-0.2, 0) is 12.8 Å². The zero-order valence-corrected chi connectivity index (χ0v) is 11.8. The predicted molar refractivity (Wildman–Crippen MR) is 79.4 cm³/mol.